The van der Waals surface area contributed by atoms with E-state index in [1.54, 1.807) is 0 Å². The molecule has 0 bridgehead atoms. The topological polar surface area (TPSA) is 16.1 Å². The molecule has 1 aliphatic heterocycles. The summed E-state index contributed by atoms with van der Waals surface area (Å²) in [6, 6.07) is 4.96. The number of aromatic nitrogens is 1. The first-order valence-electron chi connectivity index (χ1n) is 5.03. The van der Waals surface area contributed by atoms with Crippen molar-refractivity contribution in [1.82, 2.24) is 9.88 Å². The molecule has 3 heteroatoms. The summed E-state index contributed by atoms with van der Waals surface area (Å²) in [5, 5.41) is 0. The molecular weight excluding hydrogens is 192 g/mol. The van der Waals surface area contributed by atoms with Crippen molar-refractivity contribution in [2.75, 3.05) is 18.6 Å². The molecule has 2 rings (SSSR count). The molecule has 0 aromatic carbocycles. The van der Waals surface area contributed by atoms with Gasteiger partial charge in [0.15, 0.2) is 0 Å². The van der Waals surface area contributed by atoms with Crippen LogP contribution in [-0.2, 0) is 6.54 Å². The van der Waals surface area contributed by atoms with Crippen LogP contribution in [0.25, 0.3) is 0 Å². The van der Waals surface area contributed by atoms with Crippen molar-refractivity contribution in [1.29, 1.82) is 0 Å². The van der Waals surface area contributed by atoms with Gasteiger partial charge in [-0.25, -0.2) is 0 Å². The van der Waals surface area contributed by atoms with Crippen molar-refractivity contribution in [3.8, 4) is 0 Å². The Morgan fingerprint density at radius 2 is 2.29 bits per heavy atom. The zero-order chi connectivity index (χ0) is 9.80. The average molecular weight is 208 g/mol. The number of hydrogen-bond acceptors (Lipinski definition) is 3. The predicted octanol–water partition coefficient (Wildman–Crippen LogP) is 2.02. The quantitative estimate of drug-likeness (QED) is 0.756. The van der Waals surface area contributed by atoms with Crippen LogP contribution in [0.15, 0.2) is 24.5 Å². The third kappa shape index (κ3) is 2.49. The highest BCUT2D eigenvalue weighted by atomic mass is 32.2. The second kappa shape index (κ2) is 4.80. The maximum absolute atomic E-state index is 4.03. The number of thioether (sulfide) groups is 1. The Morgan fingerprint density at radius 3 is 2.93 bits per heavy atom. The molecule has 1 aromatic heterocycles. The standard InChI is InChI=1S/C11H16N2S/c1-13(11-4-7-14-9-11)8-10-2-5-12-6-3-10/h2-3,5-6,11H,4,7-9H2,1H3. The molecule has 76 valence electrons. The van der Waals surface area contributed by atoms with E-state index >= 15 is 0 Å². The first-order chi connectivity index (χ1) is 6.86. The van der Waals surface area contributed by atoms with E-state index in [1.165, 1.54) is 23.5 Å². The molecule has 1 unspecified atom stereocenters. The molecule has 1 aliphatic rings. The normalized spacial score (nSPS) is 21.7. The predicted molar refractivity (Wildman–Crippen MR) is 61.4 cm³/mol. The molecule has 1 atom stereocenters. The minimum absolute atomic E-state index is 0.771. The van der Waals surface area contributed by atoms with Crippen molar-refractivity contribution >= 4 is 11.8 Å². The SMILES string of the molecule is CN(Cc1ccncc1)C1CCSC1. The molecule has 2 heterocycles. The van der Waals surface area contributed by atoms with Crippen molar-refractivity contribution in [3.05, 3.63) is 30.1 Å². The molecule has 0 aliphatic carbocycles. The fraction of sp³-hybridized carbons (Fsp3) is 0.545. The van der Waals surface area contributed by atoms with Crippen LogP contribution in [0.3, 0.4) is 0 Å². The lowest BCUT2D eigenvalue weighted by atomic mass is 10.2. The molecule has 0 amide bonds. The lowest BCUT2D eigenvalue weighted by Gasteiger charge is -2.23. The van der Waals surface area contributed by atoms with Crippen molar-refractivity contribution < 1.29 is 0 Å². The Bertz CT molecular complexity index is 270. The minimum Gasteiger partial charge on any atom is -0.298 e. The first kappa shape index (κ1) is 9.99. The summed E-state index contributed by atoms with van der Waals surface area (Å²) in [5.74, 6) is 2.62. The summed E-state index contributed by atoms with van der Waals surface area (Å²) < 4.78 is 0. The van der Waals surface area contributed by atoms with Gasteiger partial charge in [0.2, 0.25) is 0 Å². The van der Waals surface area contributed by atoms with Gasteiger partial charge in [-0.05, 0) is 36.9 Å². The van der Waals surface area contributed by atoms with E-state index in [1.807, 2.05) is 12.4 Å². The van der Waals surface area contributed by atoms with Gasteiger partial charge < -0.3 is 0 Å². The lowest BCUT2D eigenvalue weighted by Crippen LogP contribution is -2.30. The maximum atomic E-state index is 4.03. The molecule has 1 saturated heterocycles. The van der Waals surface area contributed by atoms with Gasteiger partial charge in [0.25, 0.3) is 0 Å². The van der Waals surface area contributed by atoms with E-state index in [0.29, 0.717) is 0 Å². The second-order valence-corrected chi connectivity index (χ2v) is 4.94. The zero-order valence-electron chi connectivity index (χ0n) is 8.52. The Balaban J connectivity index is 1.90. The van der Waals surface area contributed by atoms with Gasteiger partial charge in [-0.15, -0.1) is 0 Å². The molecule has 2 nitrogen and oxygen atoms in total. The fourth-order valence-corrected chi connectivity index (χ4v) is 3.07. The van der Waals surface area contributed by atoms with Crippen molar-refractivity contribution in [2.45, 2.75) is 19.0 Å². The highest BCUT2D eigenvalue weighted by Gasteiger charge is 2.19. The van der Waals surface area contributed by atoms with E-state index in [-0.39, 0.29) is 0 Å². The van der Waals surface area contributed by atoms with Crippen LogP contribution in [0.4, 0.5) is 0 Å². The highest BCUT2D eigenvalue weighted by molar-refractivity contribution is 7.99. The summed E-state index contributed by atoms with van der Waals surface area (Å²) in [6.45, 7) is 1.05. The van der Waals surface area contributed by atoms with Crippen LogP contribution >= 0.6 is 11.8 Å². The average Bonchev–Trinajstić information content (AvgIpc) is 2.72. The highest BCUT2D eigenvalue weighted by Crippen LogP contribution is 2.22. The molecule has 1 aromatic rings. The zero-order valence-corrected chi connectivity index (χ0v) is 9.33. The smallest absolute Gasteiger partial charge is 0.0271 e. The molecule has 0 radical (unpaired) electrons. The van der Waals surface area contributed by atoms with E-state index in [4.69, 9.17) is 0 Å². The molecule has 0 spiro atoms. The Morgan fingerprint density at radius 1 is 1.50 bits per heavy atom. The number of hydrogen-bond donors (Lipinski definition) is 0. The largest absolute Gasteiger partial charge is 0.298 e. The van der Waals surface area contributed by atoms with Crippen molar-refractivity contribution in [2.24, 2.45) is 0 Å². The Labute approximate surface area is 89.7 Å². The van der Waals surface area contributed by atoms with Gasteiger partial charge in [-0.1, -0.05) is 0 Å². The number of rotatable bonds is 3. The Hall–Kier alpha value is -0.540. The molecule has 14 heavy (non-hydrogen) atoms. The van der Waals surface area contributed by atoms with E-state index in [2.05, 4.69) is 40.8 Å². The first-order valence-corrected chi connectivity index (χ1v) is 6.18. The van der Waals surface area contributed by atoms with Crippen LogP contribution in [0.2, 0.25) is 0 Å². The Kier molecular flexibility index (Phi) is 3.43. The molecular formula is C11H16N2S. The monoisotopic (exact) mass is 208 g/mol. The van der Waals surface area contributed by atoms with E-state index < -0.39 is 0 Å². The van der Waals surface area contributed by atoms with Gasteiger partial charge >= 0.3 is 0 Å². The maximum Gasteiger partial charge on any atom is 0.0271 e. The lowest BCUT2D eigenvalue weighted by molar-refractivity contribution is 0.254. The van der Waals surface area contributed by atoms with E-state index in [0.717, 1.165) is 12.6 Å². The summed E-state index contributed by atoms with van der Waals surface area (Å²) in [5.41, 5.74) is 1.36. The van der Waals surface area contributed by atoms with Gasteiger partial charge in [-0.2, -0.15) is 11.8 Å². The second-order valence-electron chi connectivity index (χ2n) is 3.79. The third-order valence-corrected chi connectivity index (χ3v) is 3.86. The molecule has 1 fully saturated rings. The summed E-state index contributed by atoms with van der Waals surface area (Å²) >= 11 is 2.07. The number of nitrogens with zero attached hydrogens (tertiary/aromatic N) is 2. The fourth-order valence-electron chi connectivity index (χ4n) is 1.77. The molecule has 0 saturated carbocycles. The summed E-state index contributed by atoms with van der Waals surface area (Å²) in [7, 11) is 2.22. The molecule has 0 N–H and O–H groups in total. The van der Waals surface area contributed by atoms with Gasteiger partial charge in [0.05, 0.1) is 0 Å². The van der Waals surface area contributed by atoms with Crippen molar-refractivity contribution in [3.63, 3.8) is 0 Å². The van der Waals surface area contributed by atoms with Gasteiger partial charge in [0, 0.05) is 30.7 Å². The number of pyridine rings is 1. The minimum atomic E-state index is 0.771. The third-order valence-electron chi connectivity index (χ3n) is 2.71. The van der Waals surface area contributed by atoms with Crippen LogP contribution in [-0.4, -0.2) is 34.5 Å². The van der Waals surface area contributed by atoms with Crippen LogP contribution in [0.1, 0.15) is 12.0 Å². The van der Waals surface area contributed by atoms with Gasteiger partial charge in [-0.3, -0.25) is 9.88 Å². The van der Waals surface area contributed by atoms with E-state index in [9.17, 15) is 0 Å². The summed E-state index contributed by atoms with van der Waals surface area (Å²) in [6.07, 6.45) is 5.07. The summed E-state index contributed by atoms with van der Waals surface area (Å²) in [4.78, 5) is 6.48. The van der Waals surface area contributed by atoms with Crippen LogP contribution in [0, 0.1) is 0 Å². The van der Waals surface area contributed by atoms with Crippen LogP contribution in [0.5, 0.6) is 0 Å². The van der Waals surface area contributed by atoms with Gasteiger partial charge in [0.1, 0.15) is 0 Å². The van der Waals surface area contributed by atoms with Crippen LogP contribution < -0.4 is 0 Å².